The molecule has 2 rings (SSSR count). The maximum atomic E-state index is 10.5. The zero-order chi connectivity index (χ0) is 7.14. The summed E-state index contributed by atoms with van der Waals surface area (Å²) in [4.78, 5) is 10.5. The minimum atomic E-state index is -0.629. The highest BCUT2D eigenvalue weighted by Gasteiger charge is 2.45. The number of hydrogen-bond donors (Lipinski definition) is 2. The standard InChI is InChI=1S/C7H11NO2/c9-7(10)5-3-8-6(5)4-1-2-4/h4-6,8H,1-3H2,(H,9,10). The summed E-state index contributed by atoms with van der Waals surface area (Å²) >= 11 is 0. The molecule has 0 aromatic heterocycles. The number of nitrogens with one attached hydrogen (secondary N) is 1. The van der Waals surface area contributed by atoms with Crippen LogP contribution in [0.25, 0.3) is 0 Å². The topological polar surface area (TPSA) is 49.3 Å². The van der Waals surface area contributed by atoms with Crippen LogP contribution in [0.3, 0.4) is 0 Å². The predicted molar refractivity (Wildman–Crippen MR) is 35.6 cm³/mol. The summed E-state index contributed by atoms with van der Waals surface area (Å²) in [5.41, 5.74) is 0. The number of aliphatic carboxylic acids is 1. The Labute approximate surface area is 59.4 Å². The van der Waals surface area contributed by atoms with Crippen molar-refractivity contribution < 1.29 is 9.90 Å². The van der Waals surface area contributed by atoms with Gasteiger partial charge in [-0.25, -0.2) is 0 Å². The second-order valence-corrected chi connectivity index (χ2v) is 3.22. The van der Waals surface area contributed by atoms with Crippen molar-refractivity contribution in [2.24, 2.45) is 11.8 Å². The molecule has 1 heterocycles. The smallest absolute Gasteiger partial charge is 0.309 e. The summed E-state index contributed by atoms with van der Waals surface area (Å²) in [6.07, 6.45) is 2.45. The first kappa shape index (κ1) is 6.16. The maximum Gasteiger partial charge on any atom is 0.309 e. The average Bonchev–Trinajstić information content (AvgIpc) is 2.43. The average molecular weight is 141 g/mol. The highest BCUT2D eigenvalue weighted by Crippen LogP contribution is 2.38. The zero-order valence-electron chi connectivity index (χ0n) is 5.71. The minimum Gasteiger partial charge on any atom is -0.481 e. The highest BCUT2D eigenvalue weighted by molar-refractivity contribution is 5.72. The first-order valence-corrected chi connectivity index (χ1v) is 3.75. The van der Waals surface area contributed by atoms with E-state index in [0.29, 0.717) is 18.5 Å². The molecule has 0 aromatic rings. The quantitative estimate of drug-likeness (QED) is 0.572. The van der Waals surface area contributed by atoms with E-state index in [-0.39, 0.29) is 5.92 Å². The van der Waals surface area contributed by atoms with Crippen molar-refractivity contribution in [1.29, 1.82) is 0 Å². The molecular formula is C7H11NO2. The van der Waals surface area contributed by atoms with Crippen molar-refractivity contribution in [3.8, 4) is 0 Å². The molecule has 2 fully saturated rings. The third kappa shape index (κ3) is 0.814. The largest absolute Gasteiger partial charge is 0.481 e. The van der Waals surface area contributed by atoms with Crippen LogP contribution >= 0.6 is 0 Å². The van der Waals surface area contributed by atoms with Crippen LogP contribution in [0.5, 0.6) is 0 Å². The van der Waals surface area contributed by atoms with Crippen molar-refractivity contribution in [3.05, 3.63) is 0 Å². The van der Waals surface area contributed by atoms with Gasteiger partial charge < -0.3 is 10.4 Å². The van der Waals surface area contributed by atoms with Gasteiger partial charge in [0.25, 0.3) is 0 Å². The van der Waals surface area contributed by atoms with Crippen LogP contribution in [0.2, 0.25) is 0 Å². The number of carboxylic acids is 1. The van der Waals surface area contributed by atoms with Gasteiger partial charge in [0.05, 0.1) is 5.92 Å². The van der Waals surface area contributed by atoms with Crippen molar-refractivity contribution >= 4 is 5.97 Å². The molecule has 2 N–H and O–H groups in total. The lowest BCUT2D eigenvalue weighted by Gasteiger charge is -2.35. The van der Waals surface area contributed by atoms with Crippen LogP contribution in [-0.4, -0.2) is 23.7 Å². The lowest BCUT2D eigenvalue weighted by atomic mass is 9.88. The van der Waals surface area contributed by atoms with Gasteiger partial charge in [-0.3, -0.25) is 4.79 Å². The van der Waals surface area contributed by atoms with Gasteiger partial charge in [-0.1, -0.05) is 0 Å². The fourth-order valence-electron chi connectivity index (χ4n) is 1.56. The van der Waals surface area contributed by atoms with Gasteiger partial charge in [0.15, 0.2) is 0 Å². The molecule has 10 heavy (non-hydrogen) atoms. The Bertz CT molecular complexity index is 165. The van der Waals surface area contributed by atoms with E-state index in [0.717, 1.165) is 0 Å². The summed E-state index contributed by atoms with van der Waals surface area (Å²) in [5.74, 6) is -0.0435. The molecule has 1 saturated carbocycles. The molecule has 0 spiro atoms. The van der Waals surface area contributed by atoms with E-state index in [1.54, 1.807) is 0 Å². The van der Waals surface area contributed by atoms with E-state index >= 15 is 0 Å². The van der Waals surface area contributed by atoms with Crippen LogP contribution in [0.4, 0.5) is 0 Å². The Morgan fingerprint density at radius 1 is 1.50 bits per heavy atom. The molecule has 2 aliphatic rings. The van der Waals surface area contributed by atoms with E-state index in [2.05, 4.69) is 5.32 Å². The molecule has 3 nitrogen and oxygen atoms in total. The molecule has 1 aliphatic heterocycles. The molecule has 0 radical (unpaired) electrons. The van der Waals surface area contributed by atoms with E-state index in [9.17, 15) is 4.79 Å². The lowest BCUT2D eigenvalue weighted by molar-refractivity contribution is -0.145. The van der Waals surface area contributed by atoms with E-state index in [1.807, 2.05) is 0 Å². The van der Waals surface area contributed by atoms with Gasteiger partial charge in [0, 0.05) is 12.6 Å². The molecule has 0 amide bonds. The predicted octanol–water partition coefficient (Wildman–Crippen LogP) is 0.0690. The fourth-order valence-corrected chi connectivity index (χ4v) is 1.56. The Hall–Kier alpha value is -0.570. The number of hydrogen-bond acceptors (Lipinski definition) is 2. The third-order valence-corrected chi connectivity index (χ3v) is 2.45. The summed E-state index contributed by atoms with van der Waals surface area (Å²) in [5, 5.41) is 11.8. The van der Waals surface area contributed by atoms with Crippen LogP contribution in [-0.2, 0) is 4.79 Å². The number of carbonyl (C=O) groups is 1. The Morgan fingerprint density at radius 2 is 2.20 bits per heavy atom. The molecule has 2 atom stereocenters. The van der Waals surface area contributed by atoms with E-state index < -0.39 is 5.97 Å². The normalized spacial score (nSPS) is 38.8. The number of rotatable bonds is 2. The van der Waals surface area contributed by atoms with E-state index in [1.165, 1.54) is 12.8 Å². The van der Waals surface area contributed by atoms with Crippen molar-refractivity contribution in [2.45, 2.75) is 18.9 Å². The van der Waals surface area contributed by atoms with Gasteiger partial charge in [0.2, 0.25) is 0 Å². The van der Waals surface area contributed by atoms with Crippen molar-refractivity contribution in [2.75, 3.05) is 6.54 Å². The second-order valence-electron chi connectivity index (χ2n) is 3.22. The van der Waals surface area contributed by atoms with Gasteiger partial charge in [-0.15, -0.1) is 0 Å². The molecule has 56 valence electrons. The van der Waals surface area contributed by atoms with Gasteiger partial charge in [0.1, 0.15) is 0 Å². The van der Waals surface area contributed by atoms with Gasteiger partial charge >= 0.3 is 5.97 Å². The van der Waals surface area contributed by atoms with Crippen LogP contribution in [0.1, 0.15) is 12.8 Å². The minimum absolute atomic E-state index is 0.0903. The first-order chi connectivity index (χ1) is 4.79. The highest BCUT2D eigenvalue weighted by atomic mass is 16.4. The summed E-state index contributed by atoms with van der Waals surface area (Å²) in [6.45, 7) is 0.677. The second kappa shape index (κ2) is 1.95. The Morgan fingerprint density at radius 3 is 2.50 bits per heavy atom. The molecule has 2 unspecified atom stereocenters. The van der Waals surface area contributed by atoms with Gasteiger partial charge in [-0.2, -0.15) is 0 Å². The SMILES string of the molecule is O=C(O)C1CNC1C1CC1. The van der Waals surface area contributed by atoms with E-state index in [4.69, 9.17) is 5.11 Å². The monoisotopic (exact) mass is 141 g/mol. The van der Waals surface area contributed by atoms with Crippen molar-refractivity contribution in [1.82, 2.24) is 5.32 Å². The zero-order valence-corrected chi connectivity index (χ0v) is 5.71. The van der Waals surface area contributed by atoms with Gasteiger partial charge in [-0.05, 0) is 18.8 Å². The van der Waals surface area contributed by atoms with Crippen LogP contribution < -0.4 is 5.32 Å². The number of carboxylic acid groups (broad SMARTS) is 1. The summed E-state index contributed by atoms with van der Waals surface area (Å²) in [6, 6.07) is 0.303. The van der Waals surface area contributed by atoms with Crippen LogP contribution in [0.15, 0.2) is 0 Å². The third-order valence-electron chi connectivity index (χ3n) is 2.45. The van der Waals surface area contributed by atoms with Crippen LogP contribution in [0, 0.1) is 11.8 Å². The Balaban J connectivity index is 1.92. The molecule has 1 aliphatic carbocycles. The first-order valence-electron chi connectivity index (χ1n) is 3.75. The molecule has 1 saturated heterocycles. The summed E-state index contributed by atoms with van der Waals surface area (Å²) < 4.78 is 0. The van der Waals surface area contributed by atoms with Crippen molar-refractivity contribution in [3.63, 3.8) is 0 Å². The molecule has 0 bridgehead atoms. The molecule has 3 heteroatoms. The summed E-state index contributed by atoms with van der Waals surface area (Å²) in [7, 11) is 0. The fraction of sp³-hybridized carbons (Fsp3) is 0.857. The maximum absolute atomic E-state index is 10.5. The molecule has 0 aromatic carbocycles. The molecular weight excluding hydrogens is 130 g/mol. The Kier molecular flexibility index (Phi) is 1.20. The lowest BCUT2D eigenvalue weighted by Crippen LogP contribution is -2.57.